The van der Waals surface area contributed by atoms with Gasteiger partial charge in [0, 0.05) is 12.7 Å². The molecule has 0 spiro atoms. The molecule has 1 aliphatic carbocycles. The van der Waals surface area contributed by atoms with Gasteiger partial charge in [-0.1, -0.05) is 25.3 Å². The van der Waals surface area contributed by atoms with E-state index in [-0.39, 0.29) is 0 Å². The number of nitrogens with zero attached hydrogens (tertiary/aromatic N) is 1. The monoisotopic (exact) mass is 233 g/mol. The lowest BCUT2D eigenvalue weighted by Gasteiger charge is -2.36. The molecular weight excluding hydrogens is 210 g/mol. The maximum absolute atomic E-state index is 5.98. The van der Waals surface area contributed by atoms with Gasteiger partial charge in [0.2, 0.25) is 0 Å². The molecule has 3 nitrogen and oxygen atoms in total. The van der Waals surface area contributed by atoms with Crippen LogP contribution in [0.25, 0.3) is 0 Å². The van der Waals surface area contributed by atoms with E-state index in [0.717, 1.165) is 18.9 Å². The van der Waals surface area contributed by atoms with Crippen molar-refractivity contribution in [3.63, 3.8) is 0 Å². The number of aromatic nitrogens is 1. The number of nitrogens with one attached hydrogen (secondary N) is 1. The molecule has 1 fully saturated rings. The van der Waals surface area contributed by atoms with E-state index in [4.69, 9.17) is 5.73 Å². The molecule has 94 valence electrons. The summed E-state index contributed by atoms with van der Waals surface area (Å²) in [5, 5.41) is 3.48. The molecule has 1 aromatic heterocycles. The highest BCUT2D eigenvalue weighted by atomic mass is 15.0. The molecule has 0 unspecified atom stereocenters. The van der Waals surface area contributed by atoms with E-state index in [9.17, 15) is 0 Å². The maximum Gasteiger partial charge on any atom is 0.128 e. The van der Waals surface area contributed by atoms with Crippen molar-refractivity contribution in [3.8, 4) is 0 Å². The van der Waals surface area contributed by atoms with Crippen LogP contribution < -0.4 is 11.1 Å². The van der Waals surface area contributed by atoms with Gasteiger partial charge in [0.25, 0.3) is 0 Å². The minimum absolute atomic E-state index is 0.294. The van der Waals surface area contributed by atoms with E-state index in [2.05, 4.69) is 23.3 Å². The Hall–Kier alpha value is -1.09. The van der Waals surface area contributed by atoms with Crippen molar-refractivity contribution >= 4 is 5.82 Å². The minimum Gasteiger partial charge on any atom is -0.369 e. The molecule has 1 aliphatic rings. The van der Waals surface area contributed by atoms with E-state index >= 15 is 0 Å². The van der Waals surface area contributed by atoms with Crippen LogP contribution in [0.1, 0.15) is 37.7 Å². The van der Waals surface area contributed by atoms with Crippen LogP contribution in [0.2, 0.25) is 0 Å². The molecule has 3 heteroatoms. The van der Waals surface area contributed by atoms with Gasteiger partial charge in [0.05, 0.1) is 0 Å². The molecule has 0 aliphatic heterocycles. The number of nitrogens with two attached hydrogens (primary N) is 1. The second kappa shape index (κ2) is 5.50. The number of rotatable bonds is 4. The summed E-state index contributed by atoms with van der Waals surface area (Å²) >= 11 is 0. The standard InChI is InChI=1S/C14H23N3/c1-12-6-5-9-16-13(12)17-11-14(10-15)7-3-2-4-8-14/h5-6,9H,2-4,7-8,10-11,15H2,1H3,(H,16,17). The molecule has 2 rings (SSSR count). The van der Waals surface area contributed by atoms with Gasteiger partial charge >= 0.3 is 0 Å². The molecule has 1 heterocycles. The molecule has 1 aromatic rings. The molecular formula is C14H23N3. The average molecular weight is 233 g/mol. The normalized spacial score (nSPS) is 18.9. The van der Waals surface area contributed by atoms with Gasteiger partial charge in [-0.05, 0) is 43.4 Å². The highest BCUT2D eigenvalue weighted by molar-refractivity contribution is 5.42. The van der Waals surface area contributed by atoms with Crippen molar-refractivity contribution in [2.45, 2.75) is 39.0 Å². The predicted octanol–water partition coefficient (Wildman–Crippen LogP) is 2.71. The van der Waals surface area contributed by atoms with Gasteiger partial charge in [-0.2, -0.15) is 0 Å². The Labute approximate surface area is 104 Å². The molecule has 17 heavy (non-hydrogen) atoms. The Morgan fingerprint density at radius 2 is 2.12 bits per heavy atom. The first kappa shape index (κ1) is 12.4. The summed E-state index contributed by atoms with van der Waals surface area (Å²) in [4.78, 5) is 4.38. The lowest BCUT2D eigenvalue weighted by Crippen LogP contribution is -2.39. The van der Waals surface area contributed by atoms with Gasteiger partial charge in [-0.3, -0.25) is 0 Å². The number of hydrogen-bond donors (Lipinski definition) is 2. The molecule has 3 N–H and O–H groups in total. The second-order valence-electron chi connectivity index (χ2n) is 5.29. The Balaban J connectivity index is 1.98. The fourth-order valence-electron chi connectivity index (χ4n) is 2.70. The van der Waals surface area contributed by atoms with Crippen molar-refractivity contribution in [1.29, 1.82) is 0 Å². The minimum atomic E-state index is 0.294. The summed E-state index contributed by atoms with van der Waals surface area (Å²) in [5.41, 5.74) is 7.48. The number of aryl methyl sites for hydroxylation is 1. The van der Waals surface area contributed by atoms with E-state index in [1.54, 1.807) is 0 Å². The third-order valence-electron chi connectivity index (χ3n) is 3.99. The molecule has 1 saturated carbocycles. The third-order valence-corrected chi connectivity index (χ3v) is 3.99. The predicted molar refractivity (Wildman–Crippen MR) is 72.0 cm³/mol. The highest BCUT2D eigenvalue weighted by Crippen LogP contribution is 2.35. The van der Waals surface area contributed by atoms with Crippen molar-refractivity contribution in [2.24, 2.45) is 11.1 Å². The van der Waals surface area contributed by atoms with E-state index < -0.39 is 0 Å². The zero-order valence-electron chi connectivity index (χ0n) is 10.7. The Morgan fingerprint density at radius 3 is 2.76 bits per heavy atom. The Morgan fingerprint density at radius 1 is 1.35 bits per heavy atom. The van der Waals surface area contributed by atoms with Crippen LogP contribution in [-0.4, -0.2) is 18.1 Å². The van der Waals surface area contributed by atoms with Gasteiger partial charge in [-0.15, -0.1) is 0 Å². The fraction of sp³-hybridized carbons (Fsp3) is 0.643. The van der Waals surface area contributed by atoms with Crippen molar-refractivity contribution in [3.05, 3.63) is 23.9 Å². The van der Waals surface area contributed by atoms with Crippen LogP contribution in [0.15, 0.2) is 18.3 Å². The summed E-state index contributed by atoms with van der Waals surface area (Å²) < 4.78 is 0. The topological polar surface area (TPSA) is 50.9 Å². The lowest BCUT2D eigenvalue weighted by molar-refractivity contribution is 0.215. The van der Waals surface area contributed by atoms with Gasteiger partial charge < -0.3 is 11.1 Å². The third kappa shape index (κ3) is 2.97. The van der Waals surface area contributed by atoms with Crippen LogP contribution in [-0.2, 0) is 0 Å². The molecule has 0 bridgehead atoms. The van der Waals surface area contributed by atoms with Crippen molar-refractivity contribution < 1.29 is 0 Å². The van der Waals surface area contributed by atoms with Crippen LogP contribution in [0.3, 0.4) is 0 Å². The van der Waals surface area contributed by atoms with Gasteiger partial charge in [0.1, 0.15) is 5.82 Å². The highest BCUT2D eigenvalue weighted by Gasteiger charge is 2.30. The lowest BCUT2D eigenvalue weighted by atomic mass is 9.74. The first-order chi connectivity index (χ1) is 8.26. The average Bonchev–Trinajstić information content (AvgIpc) is 2.39. The molecule has 0 saturated heterocycles. The summed E-state index contributed by atoms with van der Waals surface area (Å²) in [6.45, 7) is 3.83. The molecule has 0 radical (unpaired) electrons. The number of anilines is 1. The smallest absolute Gasteiger partial charge is 0.128 e. The zero-order valence-corrected chi connectivity index (χ0v) is 10.7. The van der Waals surface area contributed by atoms with Crippen LogP contribution in [0, 0.1) is 12.3 Å². The summed E-state index contributed by atoms with van der Waals surface area (Å²) in [5.74, 6) is 1.01. The first-order valence-corrected chi connectivity index (χ1v) is 6.61. The Bertz CT molecular complexity index is 356. The number of hydrogen-bond acceptors (Lipinski definition) is 3. The quantitative estimate of drug-likeness (QED) is 0.840. The zero-order chi connectivity index (χ0) is 12.1. The largest absolute Gasteiger partial charge is 0.369 e. The van der Waals surface area contributed by atoms with Gasteiger partial charge in [0.15, 0.2) is 0 Å². The molecule has 0 aromatic carbocycles. The van der Waals surface area contributed by atoms with E-state index in [1.807, 2.05) is 12.3 Å². The van der Waals surface area contributed by atoms with Crippen LogP contribution in [0.4, 0.5) is 5.82 Å². The van der Waals surface area contributed by atoms with Crippen LogP contribution >= 0.6 is 0 Å². The first-order valence-electron chi connectivity index (χ1n) is 6.61. The van der Waals surface area contributed by atoms with E-state index in [1.165, 1.54) is 37.7 Å². The van der Waals surface area contributed by atoms with Crippen LogP contribution in [0.5, 0.6) is 0 Å². The second-order valence-corrected chi connectivity index (χ2v) is 5.29. The van der Waals surface area contributed by atoms with E-state index in [0.29, 0.717) is 5.41 Å². The van der Waals surface area contributed by atoms with Gasteiger partial charge in [-0.25, -0.2) is 4.98 Å². The van der Waals surface area contributed by atoms with Crippen molar-refractivity contribution in [1.82, 2.24) is 4.98 Å². The summed E-state index contributed by atoms with van der Waals surface area (Å²) in [7, 11) is 0. The maximum atomic E-state index is 5.98. The molecule has 0 atom stereocenters. The Kier molecular flexibility index (Phi) is 4.00. The molecule has 0 amide bonds. The summed E-state index contributed by atoms with van der Waals surface area (Å²) in [6, 6.07) is 4.06. The summed E-state index contributed by atoms with van der Waals surface area (Å²) in [6.07, 6.45) is 8.35. The van der Waals surface area contributed by atoms with Crippen molar-refractivity contribution in [2.75, 3.05) is 18.4 Å². The number of pyridine rings is 1. The SMILES string of the molecule is Cc1cccnc1NCC1(CN)CCCCC1. The fourth-order valence-corrected chi connectivity index (χ4v) is 2.70.